The maximum Gasteiger partial charge on any atom is 0.429 e. The van der Waals surface area contributed by atoms with Crippen molar-refractivity contribution in [2.45, 2.75) is 32.1 Å². The Morgan fingerprint density at radius 1 is 1.38 bits per heavy atom. The molecule has 4 nitrogen and oxygen atoms in total. The summed E-state index contributed by atoms with van der Waals surface area (Å²) in [7, 11) is 2.98. The number of ether oxygens (including phenoxy) is 1. The van der Waals surface area contributed by atoms with Crippen LogP contribution in [0.5, 0.6) is 0 Å². The van der Waals surface area contributed by atoms with Gasteiger partial charge in [-0.2, -0.15) is 5.10 Å². The van der Waals surface area contributed by atoms with Crippen molar-refractivity contribution in [3.63, 3.8) is 0 Å². The summed E-state index contributed by atoms with van der Waals surface area (Å²) in [5.74, 6) is 0. The molecular weight excluding hydrogens is 168 g/mol. The molecule has 0 radical (unpaired) electrons. The van der Waals surface area contributed by atoms with Gasteiger partial charge in [-0.25, -0.2) is 9.80 Å². The summed E-state index contributed by atoms with van der Waals surface area (Å²) >= 11 is 0. The van der Waals surface area contributed by atoms with E-state index in [4.69, 9.17) is 0 Å². The highest BCUT2D eigenvalue weighted by atomic mass is 16.5. The number of hydrogen-bond acceptors (Lipinski definition) is 3. The third-order valence-electron chi connectivity index (χ3n) is 2.16. The molecule has 74 valence electrons. The standard InChI is InChI=1S/C9H16N2O2/c1-11(9(12)13-2)10-8-6-4-3-5-7-8/h3-7H2,1-2H3. The Balaban J connectivity index is 2.47. The number of hydrogen-bond donors (Lipinski definition) is 0. The van der Waals surface area contributed by atoms with E-state index >= 15 is 0 Å². The minimum Gasteiger partial charge on any atom is -0.451 e. The van der Waals surface area contributed by atoms with E-state index in [2.05, 4.69) is 9.84 Å². The fraction of sp³-hybridized carbons (Fsp3) is 0.778. The fourth-order valence-corrected chi connectivity index (χ4v) is 1.44. The average molecular weight is 184 g/mol. The fourth-order valence-electron chi connectivity index (χ4n) is 1.44. The molecule has 1 amide bonds. The monoisotopic (exact) mass is 184 g/mol. The van der Waals surface area contributed by atoms with Crippen LogP contribution in [0.1, 0.15) is 32.1 Å². The summed E-state index contributed by atoms with van der Waals surface area (Å²) in [6, 6.07) is 0. The van der Waals surface area contributed by atoms with Crippen molar-refractivity contribution in [1.29, 1.82) is 0 Å². The molecule has 0 aromatic heterocycles. The molecule has 0 bridgehead atoms. The summed E-state index contributed by atoms with van der Waals surface area (Å²) in [6.45, 7) is 0. The van der Waals surface area contributed by atoms with Crippen LogP contribution in [-0.4, -0.2) is 31.0 Å². The molecule has 0 aromatic carbocycles. The Labute approximate surface area is 78.6 Å². The Morgan fingerprint density at radius 3 is 2.54 bits per heavy atom. The van der Waals surface area contributed by atoms with Gasteiger partial charge in [0.2, 0.25) is 0 Å². The summed E-state index contributed by atoms with van der Waals surface area (Å²) < 4.78 is 4.53. The van der Waals surface area contributed by atoms with Crippen LogP contribution in [0.2, 0.25) is 0 Å². The van der Waals surface area contributed by atoms with Gasteiger partial charge in [0, 0.05) is 12.8 Å². The van der Waals surface area contributed by atoms with Crippen LogP contribution in [-0.2, 0) is 4.74 Å². The molecule has 0 atom stereocenters. The van der Waals surface area contributed by atoms with Crippen molar-refractivity contribution in [3.8, 4) is 0 Å². The van der Waals surface area contributed by atoms with Crippen molar-refractivity contribution in [1.82, 2.24) is 5.01 Å². The summed E-state index contributed by atoms with van der Waals surface area (Å²) in [5.41, 5.74) is 1.11. The minimum absolute atomic E-state index is 0.405. The maximum atomic E-state index is 11.0. The molecule has 1 aliphatic carbocycles. The molecule has 0 N–H and O–H groups in total. The third-order valence-corrected chi connectivity index (χ3v) is 2.16. The molecule has 0 heterocycles. The number of carbonyl (C=O) groups excluding carboxylic acids is 1. The number of carbonyl (C=O) groups is 1. The van der Waals surface area contributed by atoms with Crippen molar-refractivity contribution in [2.75, 3.05) is 14.2 Å². The molecule has 1 aliphatic rings. The quantitative estimate of drug-likeness (QED) is 0.585. The molecule has 0 aromatic rings. The van der Waals surface area contributed by atoms with Crippen molar-refractivity contribution in [3.05, 3.63) is 0 Å². The SMILES string of the molecule is COC(=O)N(C)N=C1CCCCC1. The summed E-state index contributed by atoms with van der Waals surface area (Å²) in [4.78, 5) is 11.0. The Bertz CT molecular complexity index is 206. The van der Waals surface area contributed by atoms with E-state index < -0.39 is 6.09 Å². The predicted molar refractivity (Wildman–Crippen MR) is 50.7 cm³/mol. The van der Waals surface area contributed by atoms with Crippen molar-refractivity contribution < 1.29 is 9.53 Å². The van der Waals surface area contributed by atoms with Crippen LogP contribution in [0.4, 0.5) is 4.79 Å². The van der Waals surface area contributed by atoms with E-state index in [9.17, 15) is 4.79 Å². The number of hydrazone groups is 1. The molecule has 0 saturated heterocycles. The highest BCUT2D eigenvalue weighted by molar-refractivity contribution is 5.85. The summed E-state index contributed by atoms with van der Waals surface area (Å²) in [6.07, 6.45) is 5.28. The number of amides is 1. The van der Waals surface area contributed by atoms with Crippen LogP contribution in [0, 0.1) is 0 Å². The second kappa shape index (κ2) is 4.84. The predicted octanol–water partition coefficient (Wildman–Crippen LogP) is 2.00. The zero-order chi connectivity index (χ0) is 9.68. The average Bonchev–Trinajstić information content (AvgIpc) is 2.18. The van der Waals surface area contributed by atoms with E-state index in [1.165, 1.54) is 31.4 Å². The molecular formula is C9H16N2O2. The molecule has 0 unspecified atom stereocenters. The second-order valence-corrected chi connectivity index (χ2v) is 3.22. The first-order valence-corrected chi connectivity index (χ1v) is 4.62. The van der Waals surface area contributed by atoms with E-state index in [1.54, 1.807) is 7.05 Å². The van der Waals surface area contributed by atoms with E-state index in [0.717, 1.165) is 18.6 Å². The molecule has 0 spiro atoms. The van der Waals surface area contributed by atoms with Gasteiger partial charge in [-0.1, -0.05) is 6.42 Å². The van der Waals surface area contributed by atoms with Gasteiger partial charge in [-0.15, -0.1) is 0 Å². The first-order valence-electron chi connectivity index (χ1n) is 4.62. The van der Waals surface area contributed by atoms with Crippen LogP contribution in [0.3, 0.4) is 0 Å². The Hall–Kier alpha value is -1.06. The third kappa shape index (κ3) is 3.05. The highest BCUT2D eigenvalue weighted by Gasteiger charge is 2.11. The molecule has 1 fully saturated rings. The molecule has 4 heteroatoms. The van der Waals surface area contributed by atoms with Gasteiger partial charge in [0.1, 0.15) is 0 Å². The smallest absolute Gasteiger partial charge is 0.429 e. The number of nitrogens with zero attached hydrogens (tertiary/aromatic N) is 2. The maximum absolute atomic E-state index is 11.0. The van der Waals surface area contributed by atoms with Crippen LogP contribution in [0.15, 0.2) is 5.10 Å². The topological polar surface area (TPSA) is 41.9 Å². The van der Waals surface area contributed by atoms with Crippen LogP contribution in [0.25, 0.3) is 0 Å². The first kappa shape index (κ1) is 10.0. The van der Waals surface area contributed by atoms with Gasteiger partial charge < -0.3 is 4.74 Å². The lowest BCUT2D eigenvalue weighted by molar-refractivity contribution is 0.134. The van der Waals surface area contributed by atoms with Gasteiger partial charge in [0.25, 0.3) is 0 Å². The number of rotatable bonds is 1. The van der Waals surface area contributed by atoms with Crippen molar-refractivity contribution >= 4 is 11.8 Å². The molecule has 1 saturated carbocycles. The zero-order valence-corrected chi connectivity index (χ0v) is 8.25. The lowest BCUT2D eigenvalue weighted by Gasteiger charge is -2.15. The first-order chi connectivity index (χ1) is 6.24. The van der Waals surface area contributed by atoms with E-state index in [1.807, 2.05) is 0 Å². The highest BCUT2D eigenvalue weighted by Crippen LogP contribution is 2.15. The van der Waals surface area contributed by atoms with Gasteiger partial charge in [-0.3, -0.25) is 0 Å². The van der Waals surface area contributed by atoms with Gasteiger partial charge >= 0.3 is 6.09 Å². The molecule has 1 rings (SSSR count). The number of methoxy groups -OCH3 is 1. The van der Waals surface area contributed by atoms with E-state index in [-0.39, 0.29) is 0 Å². The van der Waals surface area contributed by atoms with Crippen LogP contribution >= 0.6 is 0 Å². The van der Waals surface area contributed by atoms with Gasteiger partial charge in [-0.05, 0) is 25.7 Å². The summed E-state index contributed by atoms with van der Waals surface area (Å²) in [5, 5.41) is 5.45. The van der Waals surface area contributed by atoms with Crippen LogP contribution < -0.4 is 0 Å². The van der Waals surface area contributed by atoms with Gasteiger partial charge in [0.15, 0.2) is 0 Å². The van der Waals surface area contributed by atoms with Gasteiger partial charge in [0.05, 0.1) is 7.11 Å². The lowest BCUT2D eigenvalue weighted by Crippen LogP contribution is -2.23. The zero-order valence-electron chi connectivity index (χ0n) is 8.25. The largest absolute Gasteiger partial charge is 0.451 e. The Kier molecular flexibility index (Phi) is 3.73. The molecule has 0 aliphatic heterocycles. The lowest BCUT2D eigenvalue weighted by atomic mass is 9.99. The van der Waals surface area contributed by atoms with E-state index in [0.29, 0.717) is 0 Å². The minimum atomic E-state index is -0.405. The van der Waals surface area contributed by atoms with Crippen molar-refractivity contribution in [2.24, 2.45) is 5.10 Å². The second-order valence-electron chi connectivity index (χ2n) is 3.22. The molecule has 13 heavy (non-hydrogen) atoms. The Morgan fingerprint density at radius 2 is 2.00 bits per heavy atom. The normalized spacial score (nSPS) is 16.6.